The van der Waals surface area contributed by atoms with Crippen molar-refractivity contribution in [2.75, 3.05) is 26.7 Å². The Morgan fingerprint density at radius 1 is 1.29 bits per heavy atom. The van der Waals surface area contributed by atoms with Crippen LogP contribution >= 0.6 is 0 Å². The van der Waals surface area contributed by atoms with E-state index in [1.54, 1.807) is 0 Å². The summed E-state index contributed by atoms with van der Waals surface area (Å²) in [7, 11) is 2.02. The SMILES string of the molecule is CNCC(c1nc(C)[nH]c1C)N1CCCCC1. The number of nitrogens with zero attached hydrogens (tertiary/aromatic N) is 2. The summed E-state index contributed by atoms with van der Waals surface area (Å²) in [6, 6.07) is 0.422. The Kier molecular flexibility index (Phi) is 4.18. The van der Waals surface area contributed by atoms with Crippen molar-refractivity contribution in [2.24, 2.45) is 0 Å². The second kappa shape index (κ2) is 5.65. The van der Waals surface area contributed by atoms with Crippen LogP contribution in [0.15, 0.2) is 0 Å². The van der Waals surface area contributed by atoms with E-state index in [4.69, 9.17) is 0 Å². The van der Waals surface area contributed by atoms with Crippen molar-refractivity contribution in [1.82, 2.24) is 20.2 Å². The lowest BCUT2D eigenvalue weighted by atomic mass is 10.1. The summed E-state index contributed by atoms with van der Waals surface area (Å²) in [4.78, 5) is 10.6. The Morgan fingerprint density at radius 3 is 2.53 bits per heavy atom. The molecule has 0 amide bonds. The van der Waals surface area contributed by atoms with Crippen molar-refractivity contribution in [3.05, 3.63) is 17.2 Å². The van der Waals surface area contributed by atoms with Gasteiger partial charge in [-0.25, -0.2) is 4.98 Å². The van der Waals surface area contributed by atoms with Crippen molar-refractivity contribution >= 4 is 0 Å². The van der Waals surface area contributed by atoms with E-state index < -0.39 is 0 Å². The standard InChI is InChI=1S/C13H24N4/c1-10-13(16-11(2)15-10)12(9-14-3)17-7-5-4-6-8-17/h12,14H,4-9H2,1-3H3,(H,15,16). The first-order chi connectivity index (χ1) is 8.22. The van der Waals surface area contributed by atoms with Gasteiger partial charge in [0.15, 0.2) is 0 Å². The smallest absolute Gasteiger partial charge is 0.103 e. The van der Waals surface area contributed by atoms with E-state index in [9.17, 15) is 0 Å². The van der Waals surface area contributed by atoms with E-state index in [0.717, 1.165) is 12.4 Å². The number of aromatic nitrogens is 2. The van der Waals surface area contributed by atoms with Crippen LogP contribution in [-0.4, -0.2) is 41.5 Å². The van der Waals surface area contributed by atoms with Crippen molar-refractivity contribution in [3.8, 4) is 0 Å². The number of likely N-dealkylation sites (tertiary alicyclic amines) is 1. The zero-order chi connectivity index (χ0) is 12.3. The average molecular weight is 236 g/mol. The van der Waals surface area contributed by atoms with Crippen molar-refractivity contribution < 1.29 is 0 Å². The number of nitrogens with one attached hydrogen (secondary N) is 2. The normalized spacial score (nSPS) is 19.5. The maximum Gasteiger partial charge on any atom is 0.103 e. The first-order valence-corrected chi connectivity index (χ1v) is 6.64. The predicted molar refractivity (Wildman–Crippen MR) is 70.2 cm³/mol. The van der Waals surface area contributed by atoms with Gasteiger partial charge in [0.25, 0.3) is 0 Å². The number of rotatable bonds is 4. The van der Waals surface area contributed by atoms with Crippen LogP contribution in [0.5, 0.6) is 0 Å². The molecule has 2 heterocycles. The lowest BCUT2D eigenvalue weighted by molar-refractivity contribution is 0.159. The van der Waals surface area contributed by atoms with Crippen LogP contribution in [0.3, 0.4) is 0 Å². The molecule has 96 valence electrons. The second-order valence-electron chi connectivity index (χ2n) is 5.00. The molecule has 1 saturated heterocycles. The summed E-state index contributed by atoms with van der Waals surface area (Å²) in [6.45, 7) is 7.55. The van der Waals surface area contributed by atoms with Crippen molar-refractivity contribution in [2.45, 2.75) is 39.2 Å². The third kappa shape index (κ3) is 2.87. The molecule has 0 aliphatic carbocycles. The second-order valence-corrected chi connectivity index (χ2v) is 5.00. The molecule has 0 radical (unpaired) electrons. The summed E-state index contributed by atoms with van der Waals surface area (Å²) in [5, 5.41) is 3.30. The van der Waals surface area contributed by atoms with Crippen LogP contribution in [0.2, 0.25) is 0 Å². The molecular formula is C13H24N4. The average Bonchev–Trinajstić information content (AvgIpc) is 2.66. The Bertz CT molecular complexity index is 352. The van der Waals surface area contributed by atoms with Gasteiger partial charge in [-0.2, -0.15) is 0 Å². The predicted octanol–water partition coefficient (Wildman–Crippen LogP) is 1.77. The summed E-state index contributed by atoms with van der Waals surface area (Å²) >= 11 is 0. The lowest BCUT2D eigenvalue weighted by Crippen LogP contribution is -2.38. The zero-order valence-electron chi connectivity index (χ0n) is 11.2. The van der Waals surface area contributed by atoms with Crippen LogP contribution in [-0.2, 0) is 0 Å². The van der Waals surface area contributed by atoms with Crippen molar-refractivity contribution in [1.29, 1.82) is 0 Å². The Morgan fingerprint density at radius 2 is 2.00 bits per heavy atom. The number of hydrogen-bond donors (Lipinski definition) is 2. The van der Waals surface area contributed by atoms with E-state index in [-0.39, 0.29) is 0 Å². The molecule has 4 heteroatoms. The molecule has 0 aromatic carbocycles. The minimum atomic E-state index is 0.422. The number of hydrogen-bond acceptors (Lipinski definition) is 3. The van der Waals surface area contributed by atoms with Crippen molar-refractivity contribution in [3.63, 3.8) is 0 Å². The molecule has 1 aromatic rings. The summed E-state index contributed by atoms with van der Waals surface area (Å²) < 4.78 is 0. The van der Waals surface area contributed by atoms with Gasteiger partial charge in [-0.3, -0.25) is 4.90 Å². The maximum atomic E-state index is 4.67. The van der Waals surface area contributed by atoms with Gasteiger partial charge in [-0.05, 0) is 46.8 Å². The number of H-pyrrole nitrogens is 1. The van der Waals surface area contributed by atoms with E-state index in [0.29, 0.717) is 6.04 Å². The van der Waals surface area contributed by atoms with Gasteiger partial charge in [0.1, 0.15) is 5.82 Å². The molecule has 2 rings (SSSR count). The number of aryl methyl sites for hydroxylation is 2. The van der Waals surface area contributed by atoms with Gasteiger partial charge in [-0.15, -0.1) is 0 Å². The molecule has 0 bridgehead atoms. The molecule has 1 unspecified atom stereocenters. The highest BCUT2D eigenvalue weighted by Crippen LogP contribution is 2.25. The van der Waals surface area contributed by atoms with E-state index >= 15 is 0 Å². The van der Waals surface area contributed by atoms with Crippen LogP contribution in [0.1, 0.15) is 42.5 Å². The summed E-state index contributed by atoms with van der Waals surface area (Å²) in [5.74, 6) is 1.02. The quantitative estimate of drug-likeness (QED) is 0.837. The third-order valence-corrected chi connectivity index (χ3v) is 3.59. The van der Waals surface area contributed by atoms with Gasteiger partial charge in [-0.1, -0.05) is 6.42 Å². The molecule has 1 aromatic heterocycles. The molecule has 0 spiro atoms. The van der Waals surface area contributed by atoms with Crippen LogP contribution in [0.4, 0.5) is 0 Å². The fourth-order valence-electron chi connectivity index (χ4n) is 2.77. The summed E-state index contributed by atoms with van der Waals surface area (Å²) in [6.07, 6.45) is 4.02. The Balaban J connectivity index is 2.18. The highest BCUT2D eigenvalue weighted by Gasteiger charge is 2.25. The first-order valence-electron chi connectivity index (χ1n) is 6.64. The molecule has 17 heavy (non-hydrogen) atoms. The van der Waals surface area contributed by atoms with E-state index in [1.165, 1.54) is 43.7 Å². The lowest BCUT2D eigenvalue weighted by Gasteiger charge is -2.34. The number of likely N-dealkylation sites (N-methyl/N-ethyl adjacent to an activating group) is 1. The minimum Gasteiger partial charge on any atom is -0.346 e. The number of imidazole rings is 1. The monoisotopic (exact) mass is 236 g/mol. The number of piperidine rings is 1. The zero-order valence-corrected chi connectivity index (χ0v) is 11.2. The van der Waals surface area contributed by atoms with E-state index in [1.807, 2.05) is 14.0 Å². The van der Waals surface area contributed by atoms with Gasteiger partial charge in [0.05, 0.1) is 11.7 Å². The summed E-state index contributed by atoms with van der Waals surface area (Å²) in [5.41, 5.74) is 2.44. The Labute approximate surface area is 104 Å². The molecule has 1 fully saturated rings. The Hall–Kier alpha value is -0.870. The van der Waals surface area contributed by atoms with Crippen LogP contribution in [0.25, 0.3) is 0 Å². The highest BCUT2D eigenvalue weighted by molar-refractivity contribution is 5.17. The maximum absolute atomic E-state index is 4.67. The fraction of sp³-hybridized carbons (Fsp3) is 0.769. The highest BCUT2D eigenvalue weighted by atomic mass is 15.2. The van der Waals surface area contributed by atoms with E-state index in [2.05, 4.69) is 27.1 Å². The van der Waals surface area contributed by atoms with Gasteiger partial charge in [0.2, 0.25) is 0 Å². The molecule has 4 nitrogen and oxygen atoms in total. The van der Waals surface area contributed by atoms with Crippen LogP contribution < -0.4 is 5.32 Å². The fourth-order valence-corrected chi connectivity index (χ4v) is 2.77. The molecule has 1 aliphatic rings. The topological polar surface area (TPSA) is 44.0 Å². The van der Waals surface area contributed by atoms with Crippen LogP contribution in [0, 0.1) is 13.8 Å². The third-order valence-electron chi connectivity index (χ3n) is 3.59. The largest absolute Gasteiger partial charge is 0.346 e. The first kappa shape index (κ1) is 12.6. The van der Waals surface area contributed by atoms with Gasteiger partial charge >= 0.3 is 0 Å². The van der Waals surface area contributed by atoms with Gasteiger partial charge in [0, 0.05) is 12.2 Å². The molecular weight excluding hydrogens is 212 g/mol. The molecule has 1 atom stereocenters. The molecule has 1 aliphatic heterocycles. The van der Waals surface area contributed by atoms with Gasteiger partial charge < -0.3 is 10.3 Å². The minimum absolute atomic E-state index is 0.422. The molecule has 2 N–H and O–H groups in total. The molecule has 0 saturated carbocycles. The number of aromatic amines is 1.